The van der Waals surface area contributed by atoms with Gasteiger partial charge in [0.05, 0.1) is 46.8 Å². The molecular weight excluding hydrogens is 520 g/mol. The van der Waals surface area contributed by atoms with Gasteiger partial charge in [0, 0.05) is 22.7 Å². The van der Waals surface area contributed by atoms with Crippen LogP contribution in [0.4, 0.5) is 5.82 Å². The Bertz CT molecular complexity index is 1680. The van der Waals surface area contributed by atoms with Crippen molar-refractivity contribution < 1.29 is 14.3 Å². The molecule has 0 aliphatic carbocycles. The minimum absolute atomic E-state index is 0.152. The highest BCUT2D eigenvalue weighted by Gasteiger charge is 2.31. The number of rotatable bonds is 8. The van der Waals surface area contributed by atoms with Gasteiger partial charge in [-0.25, -0.2) is 19.6 Å². The maximum atomic E-state index is 12.4. The summed E-state index contributed by atoms with van der Waals surface area (Å²) in [4.78, 5) is 30.2. The third kappa shape index (κ3) is 5.60. The fourth-order valence-corrected chi connectivity index (χ4v) is 4.55. The van der Waals surface area contributed by atoms with E-state index in [1.165, 1.54) is 6.33 Å². The first kappa shape index (κ1) is 27.8. The normalized spacial score (nSPS) is 12.0. The van der Waals surface area contributed by atoms with Crippen LogP contribution in [0.1, 0.15) is 41.5 Å². The zero-order chi connectivity index (χ0) is 29.4. The summed E-state index contributed by atoms with van der Waals surface area (Å²) in [5.41, 5.74) is 9.58. The molecule has 3 heterocycles. The highest BCUT2D eigenvalue weighted by atomic mass is 16.5. The minimum atomic E-state index is -0.811. The molecule has 0 aliphatic rings. The molecule has 2 aromatic carbocycles. The topological polar surface area (TPSA) is 136 Å². The quantitative estimate of drug-likeness (QED) is 0.261. The Hall–Kier alpha value is -4.80. The molecule has 0 unspecified atom stereocenters. The van der Waals surface area contributed by atoms with Gasteiger partial charge in [-0.3, -0.25) is 9.78 Å². The van der Waals surface area contributed by atoms with Crippen LogP contribution in [-0.2, 0) is 15.1 Å². The number of hydrogen-bond acceptors (Lipinski definition) is 9. The Kier molecular flexibility index (Phi) is 7.20. The maximum Gasteiger partial charge on any atom is 0.314 e. The summed E-state index contributed by atoms with van der Waals surface area (Å²) in [5, 5.41) is 4.40. The number of anilines is 1. The molecule has 11 nitrogen and oxygen atoms in total. The van der Waals surface area contributed by atoms with Gasteiger partial charge >= 0.3 is 5.97 Å². The number of carbonyl (C=O) groups is 1. The summed E-state index contributed by atoms with van der Waals surface area (Å²) in [6.07, 6.45) is 6.31. The average molecular weight is 555 g/mol. The molecule has 0 aliphatic heterocycles. The number of hydrogen-bond donors (Lipinski definition) is 1. The number of nitrogens with two attached hydrogens (primary N) is 1. The molecule has 5 rings (SSSR count). The van der Waals surface area contributed by atoms with E-state index in [9.17, 15) is 4.79 Å². The lowest BCUT2D eigenvalue weighted by Crippen LogP contribution is -2.32. The Labute approximate surface area is 238 Å². The molecule has 41 heavy (non-hydrogen) atoms. The number of nitrogens with zero attached hydrogens (tertiary/aromatic N) is 7. The molecule has 5 aromatic rings. The number of carbonyl (C=O) groups excluding carboxylic acids is 1. The lowest BCUT2D eigenvalue weighted by atomic mass is 9.95. The van der Waals surface area contributed by atoms with E-state index in [0.717, 1.165) is 33.7 Å². The first-order valence-electron chi connectivity index (χ1n) is 13.4. The van der Waals surface area contributed by atoms with E-state index in [1.807, 2.05) is 30.3 Å². The zero-order valence-corrected chi connectivity index (χ0v) is 24.1. The third-order valence-electron chi connectivity index (χ3n) is 6.60. The molecule has 0 bridgehead atoms. The highest BCUT2D eigenvalue weighted by Crippen LogP contribution is 2.37. The van der Waals surface area contributed by atoms with E-state index in [2.05, 4.69) is 51.5 Å². The molecule has 0 radical (unpaired) electrons. The van der Waals surface area contributed by atoms with Crippen LogP contribution in [0.25, 0.3) is 39.4 Å². The van der Waals surface area contributed by atoms with E-state index in [4.69, 9.17) is 20.2 Å². The SMILES string of the molecule is CCOC(=O)C(C)(C)COc1ccc(-c2nc3cc(-c4cnc(N)cn4)ccc3n2C(C)(C)C)c(-n2cncn2)c1. The summed E-state index contributed by atoms with van der Waals surface area (Å²) < 4.78 is 15.2. The zero-order valence-electron chi connectivity index (χ0n) is 24.1. The Morgan fingerprint density at radius 2 is 1.83 bits per heavy atom. The summed E-state index contributed by atoms with van der Waals surface area (Å²) >= 11 is 0. The Morgan fingerprint density at radius 3 is 2.49 bits per heavy atom. The number of fused-ring (bicyclic) bond motifs is 1. The van der Waals surface area contributed by atoms with Crippen molar-refractivity contribution in [3.05, 3.63) is 61.4 Å². The lowest BCUT2D eigenvalue weighted by Gasteiger charge is -2.26. The van der Waals surface area contributed by atoms with Crippen LogP contribution in [0.15, 0.2) is 61.4 Å². The minimum Gasteiger partial charge on any atom is -0.492 e. The van der Waals surface area contributed by atoms with Crippen LogP contribution in [0, 0.1) is 5.41 Å². The van der Waals surface area contributed by atoms with Gasteiger partial charge in [-0.2, -0.15) is 5.10 Å². The van der Waals surface area contributed by atoms with Crippen molar-refractivity contribution in [1.29, 1.82) is 0 Å². The summed E-state index contributed by atoms with van der Waals surface area (Å²) in [7, 11) is 0. The molecule has 2 N–H and O–H groups in total. The second-order valence-corrected chi connectivity index (χ2v) is 11.4. The van der Waals surface area contributed by atoms with Crippen molar-refractivity contribution >= 4 is 22.8 Å². The van der Waals surface area contributed by atoms with Crippen molar-refractivity contribution in [3.8, 4) is 34.1 Å². The van der Waals surface area contributed by atoms with E-state index in [0.29, 0.717) is 23.9 Å². The van der Waals surface area contributed by atoms with Gasteiger partial charge < -0.3 is 19.8 Å². The molecule has 0 saturated carbocycles. The fraction of sp³-hybridized carbons (Fsp3) is 0.333. The van der Waals surface area contributed by atoms with Crippen molar-refractivity contribution in [2.24, 2.45) is 5.41 Å². The monoisotopic (exact) mass is 554 g/mol. The van der Waals surface area contributed by atoms with E-state index >= 15 is 0 Å². The first-order chi connectivity index (χ1) is 19.5. The van der Waals surface area contributed by atoms with Crippen LogP contribution in [0.3, 0.4) is 0 Å². The van der Waals surface area contributed by atoms with Crippen LogP contribution in [-0.4, -0.2) is 53.5 Å². The number of benzene rings is 2. The van der Waals surface area contributed by atoms with Crippen LogP contribution in [0.5, 0.6) is 5.75 Å². The van der Waals surface area contributed by atoms with E-state index < -0.39 is 5.41 Å². The number of ether oxygens (including phenoxy) is 2. The molecule has 3 aromatic heterocycles. The van der Waals surface area contributed by atoms with Gasteiger partial charge in [0.2, 0.25) is 0 Å². The highest BCUT2D eigenvalue weighted by molar-refractivity contribution is 5.86. The van der Waals surface area contributed by atoms with Crippen LogP contribution < -0.4 is 10.5 Å². The van der Waals surface area contributed by atoms with Gasteiger partial charge in [0.15, 0.2) is 0 Å². The van der Waals surface area contributed by atoms with E-state index in [-0.39, 0.29) is 18.1 Å². The van der Waals surface area contributed by atoms with Gasteiger partial charge in [0.25, 0.3) is 0 Å². The number of imidazole rings is 1. The van der Waals surface area contributed by atoms with Crippen LogP contribution in [0.2, 0.25) is 0 Å². The predicted molar refractivity (Wildman–Crippen MR) is 156 cm³/mol. The molecule has 0 amide bonds. The lowest BCUT2D eigenvalue weighted by molar-refractivity contribution is -0.155. The van der Waals surface area contributed by atoms with Crippen LogP contribution >= 0.6 is 0 Å². The second kappa shape index (κ2) is 10.6. The third-order valence-corrected chi connectivity index (χ3v) is 6.60. The molecule has 0 spiro atoms. The standard InChI is InChI=1S/C30H34N8O3/c1-7-40-28(39)30(5,6)16-41-20-9-10-21(25(13-20)37-18-32-17-35-37)27-36-22-12-19(23-14-34-26(31)15-33-23)8-11-24(22)38(27)29(2,3)4/h8-15,17-18H,7,16H2,1-6H3,(H2,31,34). The predicted octanol–water partition coefficient (Wildman–Crippen LogP) is 5.05. The summed E-state index contributed by atoms with van der Waals surface area (Å²) in [6, 6.07) is 11.8. The smallest absolute Gasteiger partial charge is 0.314 e. The number of nitrogen functional groups attached to an aromatic ring is 1. The molecule has 212 valence electrons. The molecule has 0 atom stereocenters. The fourth-order valence-electron chi connectivity index (χ4n) is 4.55. The summed E-state index contributed by atoms with van der Waals surface area (Å²) in [6.45, 7) is 12.3. The second-order valence-electron chi connectivity index (χ2n) is 11.4. The molecule has 0 fully saturated rings. The molecular formula is C30H34N8O3. The van der Waals surface area contributed by atoms with Crippen molar-refractivity contribution in [2.75, 3.05) is 18.9 Å². The van der Waals surface area contributed by atoms with Gasteiger partial charge in [-0.15, -0.1) is 0 Å². The Balaban J connectivity index is 1.61. The average Bonchev–Trinajstić information content (AvgIpc) is 3.60. The number of esters is 1. The number of aromatic nitrogens is 7. The van der Waals surface area contributed by atoms with Gasteiger partial charge in [-0.05, 0) is 65.8 Å². The largest absolute Gasteiger partial charge is 0.492 e. The Morgan fingerprint density at radius 1 is 1.02 bits per heavy atom. The first-order valence-corrected chi connectivity index (χ1v) is 13.4. The van der Waals surface area contributed by atoms with Crippen molar-refractivity contribution in [3.63, 3.8) is 0 Å². The maximum absolute atomic E-state index is 12.4. The van der Waals surface area contributed by atoms with Crippen molar-refractivity contribution in [2.45, 2.75) is 47.1 Å². The van der Waals surface area contributed by atoms with Crippen molar-refractivity contribution in [1.82, 2.24) is 34.3 Å². The van der Waals surface area contributed by atoms with E-state index in [1.54, 1.807) is 44.2 Å². The molecule has 0 saturated heterocycles. The summed E-state index contributed by atoms with van der Waals surface area (Å²) in [5.74, 6) is 1.40. The van der Waals surface area contributed by atoms with Gasteiger partial charge in [0.1, 0.15) is 36.7 Å². The van der Waals surface area contributed by atoms with Gasteiger partial charge in [-0.1, -0.05) is 6.07 Å². The molecule has 11 heteroatoms.